The molecule has 2 N–H and O–H groups in total. The van der Waals surface area contributed by atoms with Crippen molar-refractivity contribution < 1.29 is 4.74 Å². The van der Waals surface area contributed by atoms with E-state index in [1.54, 1.807) is 6.20 Å². The molecule has 0 saturated carbocycles. The second-order valence-corrected chi connectivity index (χ2v) is 9.03. The Hall–Kier alpha value is -4.11. The van der Waals surface area contributed by atoms with E-state index in [0.29, 0.717) is 18.5 Å². The number of fused-ring (bicyclic) bond motifs is 5. The third-order valence-corrected chi connectivity index (χ3v) is 6.76. The summed E-state index contributed by atoms with van der Waals surface area (Å²) < 4.78 is 8.15. The topological polar surface area (TPSA) is 86.6 Å². The van der Waals surface area contributed by atoms with E-state index in [4.69, 9.17) is 9.72 Å². The Kier molecular flexibility index (Phi) is 4.25. The van der Waals surface area contributed by atoms with Crippen LogP contribution in [0.1, 0.15) is 0 Å². The van der Waals surface area contributed by atoms with Crippen molar-refractivity contribution in [3.8, 4) is 17.0 Å². The molecular weight excluding hydrogens is 428 g/mol. The summed E-state index contributed by atoms with van der Waals surface area (Å²) in [5.74, 6) is 1.60. The van der Waals surface area contributed by atoms with Crippen molar-refractivity contribution in [2.75, 3.05) is 43.5 Å². The van der Waals surface area contributed by atoms with Crippen LogP contribution in [0.15, 0.2) is 61.2 Å². The highest BCUT2D eigenvalue weighted by Crippen LogP contribution is 2.38. The Labute approximate surface area is 196 Å². The van der Waals surface area contributed by atoms with Gasteiger partial charge >= 0.3 is 0 Å². The lowest BCUT2D eigenvalue weighted by Crippen LogP contribution is -2.56. The molecule has 170 valence electrons. The van der Waals surface area contributed by atoms with Gasteiger partial charge in [-0.15, -0.1) is 0 Å². The summed E-state index contributed by atoms with van der Waals surface area (Å²) in [6.07, 6.45) is 7.53. The lowest BCUT2D eigenvalue weighted by molar-refractivity contribution is 0.188. The number of imidazole rings is 1. The maximum atomic E-state index is 6.16. The van der Waals surface area contributed by atoms with Crippen LogP contribution in [0, 0.1) is 0 Å². The van der Waals surface area contributed by atoms with Gasteiger partial charge in [-0.1, -0.05) is 12.1 Å². The molecule has 1 saturated heterocycles. The van der Waals surface area contributed by atoms with E-state index in [9.17, 15) is 0 Å². The van der Waals surface area contributed by atoms with Gasteiger partial charge in [0.2, 0.25) is 0 Å². The van der Waals surface area contributed by atoms with Gasteiger partial charge in [0, 0.05) is 60.9 Å². The zero-order chi connectivity index (χ0) is 22.6. The highest BCUT2D eigenvalue weighted by atomic mass is 16.5. The number of hydrogen-bond acceptors (Lipinski definition) is 7. The number of ether oxygens (including phenoxy) is 1. The number of aromatic amines is 1. The van der Waals surface area contributed by atoms with Crippen LogP contribution >= 0.6 is 0 Å². The number of anilines is 3. The summed E-state index contributed by atoms with van der Waals surface area (Å²) in [6.45, 7) is 3.81. The maximum Gasteiger partial charge on any atom is 0.180 e. The molecule has 0 aliphatic carbocycles. The minimum Gasteiger partial charge on any atom is -0.489 e. The van der Waals surface area contributed by atoms with Crippen molar-refractivity contribution in [1.82, 2.24) is 29.5 Å². The van der Waals surface area contributed by atoms with Crippen LogP contribution in [-0.4, -0.2) is 68.8 Å². The number of rotatable bonds is 3. The lowest BCUT2D eigenvalue weighted by Gasteiger charge is -2.44. The fourth-order valence-electron chi connectivity index (χ4n) is 4.99. The Morgan fingerprint density at radius 1 is 1.15 bits per heavy atom. The molecule has 7 rings (SSSR count). The van der Waals surface area contributed by atoms with Gasteiger partial charge in [0.25, 0.3) is 0 Å². The molecule has 5 aromatic rings. The summed E-state index contributed by atoms with van der Waals surface area (Å²) in [4.78, 5) is 14.3. The molecule has 1 atom stereocenters. The Bertz CT molecular complexity index is 1520. The van der Waals surface area contributed by atoms with Crippen molar-refractivity contribution in [3.63, 3.8) is 0 Å². The zero-order valence-electron chi connectivity index (χ0n) is 18.8. The second-order valence-electron chi connectivity index (χ2n) is 9.03. The van der Waals surface area contributed by atoms with Crippen LogP contribution in [0.5, 0.6) is 5.75 Å². The standard InChI is InChI=1S/C25H24N8O/c1-31-8-9-33-19(13-31)15-34-23-11-18(4-5-22(23)33)28-24-25-26-6-7-32(25)14-21(29-24)16-2-3-17-12-27-30-20(17)10-16/h2-7,10-12,14,19H,8-9,13,15H2,1H3,(H,27,30)(H,28,29). The second kappa shape index (κ2) is 7.46. The Morgan fingerprint density at radius 2 is 2.12 bits per heavy atom. The van der Waals surface area contributed by atoms with E-state index in [1.807, 2.05) is 29.1 Å². The van der Waals surface area contributed by atoms with Gasteiger partial charge in [0.1, 0.15) is 12.4 Å². The molecule has 0 amide bonds. The number of H-pyrrole nitrogens is 1. The van der Waals surface area contributed by atoms with Gasteiger partial charge in [0.05, 0.1) is 29.1 Å². The van der Waals surface area contributed by atoms with Gasteiger partial charge in [-0.05, 0) is 25.2 Å². The van der Waals surface area contributed by atoms with Crippen LogP contribution in [0.2, 0.25) is 0 Å². The molecule has 5 heterocycles. The molecule has 0 spiro atoms. The predicted octanol–water partition coefficient (Wildman–Crippen LogP) is 3.53. The fraction of sp³-hybridized carbons (Fsp3) is 0.240. The normalized spacial score (nSPS) is 18.0. The van der Waals surface area contributed by atoms with Crippen molar-refractivity contribution >= 4 is 33.7 Å². The van der Waals surface area contributed by atoms with E-state index in [0.717, 1.165) is 64.6 Å². The minimum absolute atomic E-state index is 0.403. The molecule has 0 bridgehead atoms. The van der Waals surface area contributed by atoms with Crippen molar-refractivity contribution in [1.29, 1.82) is 0 Å². The fourth-order valence-corrected chi connectivity index (χ4v) is 4.99. The van der Waals surface area contributed by atoms with Gasteiger partial charge in [-0.2, -0.15) is 5.10 Å². The van der Waals surface area contributed by atoms with Gasteiger partial charge in [-0.3, -0.25) is 5.10 Å². The molecule has 3 aromatic heterocycles. The van der Waals surface area contributed by atoms with Crippen molar-refractivity contribution in [2.45, 2.75) is 6.04 Å². The Morgan fingerprint density at radius 3 is 3.09 bits per heavy atom. The van der Waals surface area contributed by atoms with Crippen molar-refractivity contribution in [2.24, 2.45) is 0 Å². The molecule has 34 heavy (non-hydrogen) atoms. The summed E-state index contributed by atoms with van der Waals surface area (Å²) in [6, 6.07) is 12.9. The first-order chi connectivity index (χ1) is 16.7. The smallest absolute Gasteiger partial charge is 0.180 e. The zero-order valence-corrected chi connectivity index (χ0v) is 18.8. The maximum absolute atomic E-state index is 6.16. The predicted molar refractivity (Wildman–Crippen MR) is 132 cm³/mol. The average molecular weight is 453 g/mol. The lowest BCUT2D eigenvalue weighted by atomic mass is 10.1. The number of piperazine rings is 1. The molecular formula is C25H24N8O. The molecule has 9 heteroatoms. The van der Waals surface area contributed by atoms with Gasteiger partial charge in [-0.25, -0.2) is 9.97 Å². The quantitative estimate of drug-likeness (QED) is 0.433. The van der Waals surface area contributed by atoms with Crippen LogP contribution in [0.4, 0.5) is 17.2 Å². The number of likely N-dealkylation sites (N-methyl/N-ethyl adjacent to an activating group) is 1. The van der Waals surface area contributed by atoms with E-state index in [-0.39, 0.29) is 0 Å². The van der Waals surface area contributed by atoms with E-state index >= 15 is 0 Å². The molecule has 2 aliphatic heterocycles. The monoisotopic (exact) mass is 452 g/mol. The number of nitrogens with zero attached hydrogens (tertiary/aromatic N) is 6. The molecule has 1 unspecified atom stereocenters. The first-order valence-corrected chi connectivity index (χ1v) is 11.5. The van der Waals surface area contributed by atoms with Crippen LogP contribution in [0.3, 0.4) is 0 Å². The molecule has 9 nitrogen and oxygen atoms in total. The van der Waals surface area contributed by atoms with Crippen molar-refractivity contribution in [3.05, 3.63) is 61.2 Å². The van der Waals surface area contributed by atoms with Gasteiger partial charge < -0.3 is 24.3 Å². The van der Waals surface area contributed by atoms with Crippen LogP contribution in [0.25, 0.3) is 27.8 Å². The largest absolute Gasteiger partial charge is 0.489 e. The first-order valence-electron chi connectivity index (χ1n) is 11.5. The van der Waals surface area contributed by atoms with Gasteiger partial charge in [0.15, 0.2) is 11.5 Å². The number of aromatic nitrogens is 5. The van der Waals surface area contributed by atoms with Crippen LogP contribution < -0.4 is 15.0 Å². The summed E-state index contributed by atoms with van der Waals surface area (Å²) >= 11 is 0. The van der Waals surface area contributed by atoms with E-state index < -0.39 is 0 Å². The molecule has 2 aliphatic rings. The highest BCUT2D eigenvalue weighted by Gasteiger charge is 2.31. The molecule has 0 radical (unpaired) electrons. The van der Waals surface area contributed by atoms with Crippen LogP contribution in [-0.2, 0) is 0 Å². The SMILES string of the molecule is CN1CCN2c3ccc(Nc4nc(-c5ccc6cn[nH]c6c5)cn5ccnc45)cc3OCC2C1. The van der Waals surface area contributed by atoms with E-state index in [2.05, 4.69) is 67.7 Å². The highest BCUT2D eigenvalue weighted by molar-refractivity contribution is 5.84. The molecule has 1 fully saturated rings. The summed E-state index contributed by atoms with van der Waals surface area (Å²) in [5, 5.41) is 11.7. The third-order valence-electron chi connectivity index (χ3n) is 6.76. The van der Waals surface area contributed by atoms with E-state index in [1.165, 1.54) is 0 Å². The first kappa shape index (κ1) is 19.4. The number of nitrogens with one attached hydrogen (secondary N) is 2. The average Bonchev–Trinajstić information content (AvgIpc) is 3.52. The Balaban J connectivity index is 1.24. The number of hydrogen-bond donors (Lipinski definition) is 2. The molecule has 2 aromatic carbocycles. The third kappa shape index (κ3) is 3.16. The minimum atomic E-state index is 0.403. The number of benzene rings is 2. The summed E-state index contributed by atoms with van der Waals surface area (Å²) in [5.41, 5.74) is 5.68. The summed E-state index contributed by atoms with van der Waals surface area (Å²) in [7, 11) is 2.17.